The minimum atomic E-state index is -0.519. The number of para-hydroxylation sites is 2. The molecule has 10 nitrogen and oxygen atoms in total. The van der Waals surface area contributed by atoms with Crippen LogP contribution >= 0.6 is 0 Å². The number of fused-ring (bicyclic) bond motifs is 2. The standard InChI is InChI=1S/2C20H18N2O3.Cu/c2*23-19-11-4-2-7-16(19)14-21-12-13-25-20(24)22-18-10-5-8-15-6-1-3-9-17(15)18;/h2*1-11,14,23H,12-13H2,(H,22,24);. The number of carbonyl (C=O) groups is 2. The van der Waals surface area contributed by atoms with E-state index in [0.29, 0.717) is 35.6 Å². The fourth-order valence-electron chi connectivity index (χ4n) is 4.86. The second-order valence-electron chi connectivity index (χ2n) is 10.8. The van der Waals surface area contributed by atoms with Crippen LogP contribution in [0.15, 0.2) is 143 Å². The van der Waals surface area contributed by atoms with Gasteiger partial charge in [-0.3, -0.25) is 20.6 Å². The number of ether oxygens (including phenoxy) is 2. The molecule has 4 N–H and O–H groups in total. The van der Waals surface area contributed by atoms with Crippen LogP contribution in [0.1, 0.15) is 11.1 Å². The summed E-state index contributed by atoms with van der Waals surface area (Å²) in [5, 5.41) is 28.8. The van der Waals surface area contributed by atoms with Gasteiger partial charge in [-0.1, -0.05) is 97.1 Å². The van der Waals surface area contributed by atoms with Gasteiger partial charge in [0.05, 0.1) is 24.5 Å². The van der Waals surface area contributed by atoms with Gasteiger partial charge in [0.15, 0.2) is 0 Å². The molecule has 0 saturated heterocycles. The Morgan fingerprint density at radius 3 is 1.33 bits per heavy atom. The zero-order chi connectivity index (χ0) is 35.0. The number of phenolic OH excluding ortho intramolecular Hbond substituents is 2. The Labute approximate surface area is 306 Å². The number of carbonyl (C=O) groups excluding carboxylic acids is 2. The van der Waals surface area contributed by atoms with Crippen LogP contribution in [0.5, 0.6) is 11.5 Å². The number of nitrogens with zero attached hydrogens (tertiary/aromatic N) is 2. The molecule has 0 aliphatic rings. The second-order valence-corrected chi connectivity index (χ2v) is 10.8. The Morgan fingerprint density at radius 2 is 0.902 bits per heavy atom. The molecule has 0 aliphatic carbocycles. The normalized spacial score (nSPS) is 10.7. The summed E-state index contributed by atoms with van der Waals surface area (Å²) in [5.74, 6) is 0.335. The number of aromatic hydroxyl groups is 2. The summed E-state index contributed by atoms with van der Waals surface area (Å²) in [4.78, 5) is 32.1. The quantitative estimate of drug-likeness (QED) is 0.0633. The van der Waals surface area contributed by atoms with E-state index in [1.54, 1.807) is 48.8 Å². The SMILES string of the molecule is O=C(Nc1cccc2ccccc12)OCCN=Cc1ccccc1O.O=C(Nc1cccc2ccccc12)OCCN=Cc1ccccc1O.[Cu]. The molecule has 2 amide bonds. The smallest absolute Gasteiger partial charge is 0.411 e. The summed E-state index contributed by atoms with van der Waals surface area (Å²) in [5.41, 5.74) is 2.67. The van der Waals surface area contributed by atoms with Crippen molar-refractivity contribution in [1.82, 2.24) is 0 Å². The first-order valence-electron chi connectivity index (χ1n) is 15.9. The number of rotatable bonds is 10. The summed E-state index contributed by atoms with van der Waals surface area (Å²) in [6, 6.07) is 40.8. The number of aliphatic imine (C=N–C) groups is 2. The van der Waals surface area contributed by atoms with Crippen molar-refractivity contribution in [1.29, 1.82) is 0 Å². The van der Waals surface area contributed by atoms with Crippen LogP contribution in [0.2, 0.25) is 0 Å². The molecule has 0 aliphatic heterocycles. The van der Waals surface area contributed by atoms with Crippen molar-refractivity contribution >= 4 is 57.5 Å². The summed E-state index contributed by atoms with van der Waals surface area (Å²) >= 11 is 0. The molecule has 0 unspecified atom stereocenters. The van der Waals surface area contributed by atoms with Crippen LogP contribution in [-0.4, -0.2) is 61.1 Å². The molecule has 11 heteroatoms. The van der Waals surface area contributed by atoms with Gasteiger partial charge >= 0.3 is 12.2 Å². The van der Waals surface area contributed by atoms with Crippen molar-refractivity contribution in [2.24, 2.45) is 9.98 Å². The van der Waals surface area contributed by atoms with Crippen molar-refractivity contribution in [3.63, 3.8) is 0 Å². The molecule has 0 aromatic heterocycles. The minimum Gasteiger partial charge on any atom is -0.507 e. The molecular weight excluding hydrogens is 696 g/mol. The molecule has 6 rings (SSSR count). The molecule has 0 spiro atoms. The Hall–Kier alpha value is -6.16. The topological polar surface area (TPSA) is 142 Å². The number of nitrogens with one attached hydrogen (secondary N) is 2. The summed E-state index contributed by atoms with van der Waals surface area (Å²) in [6.45, 7) is 0.940. The molecule has 0 atom stereocenters. The number of phenols is 2. The molecule has 0 fully saturated rings. The van der Waals surface area contributed by atoms with E-state index >= 15 is 0 Å². The van der Waals surface area contributed by atoms with Gasteiger partial charge in [0.25, 0.3) is 0 Å². The number of anilines is 2. The summed E-state index contributed by atoms with van der Waals surface area (Å²) in [7, 11) is 0. The Kier molecular flexibility index (Phi) is 14.6. The van der Waals surface area contributed by atoms with Gasteiger partial charge in [0.2, 0.25) is 0 Å². The third kappa shape index (κ3) is 11.5. The van der Waals surface area contributed by atoms with Gasteiger partial charge in [-0.15, -0.1) is 0 Å². The fraction of sp³-hybridized carbons (Fsp3) is 0.100. The number of amides is 2. The van der Waals surface area contributed by atoms with Crippen molar-refractivity contribution in [2.75, 3.05) is 36.9 Å². The third-order valence-electron chi connectivity index (χ3n) is 7.29. The Morgan fingerprint density at radius 1 is 0.529 bits per heavy atom. The van der Waals surface area contributed by atoms with Gasteiger partial charge in [-0.05, 0) is 47.2 Å². The molecule has 263 valence electrons. The maximum absolute atomic E-state index is 11.9. The minimum absolute atomic E-state index is 0. The summed E-state index contributed by atoms with van der Waals surface area (Å²) < 4.78 is 10.3. The average molecular weight is 732 g/mol. The molecular formula is C40H36CuN4O6. The fourth-order valence-corrected chi connectivity index (χ4v) is 4.86. The molecule has 0 saturated carbocycles. The first-order valence-corrected chi connectivity index (χ1v) is 15.9. The number of hydrogen-bond donors (Lipinski definition) is 4. The maximum Gasteiger partial charge on any atom is 0.411 e. The van der Waals surface area contributed by atoms with Crippen LogP contribution in [0, 0.1) is 0 Å². The third-order valence-corrected chi connectivity index (χ3v) is 7.29. The van der Waals surface area contributed by atoms with E-state index in [2.05, 4.69) is 20.6 Å². The average Bonchev–Trinajstić information content (AvgIpc) is 3.13. The molecule has 6 aromatic rings. The first kappa shape index (κ1) is 37.7. The van der Waals surface area contributed by atoms with Crippen LogP contribution in [-0.2, 0) is 26.5 Å². The van der Waals surface area contributed by atoms with E-state index in [4.69, 9.17) is 9.47 Å². The van der Waals surface area contributed by atoms with Gasteiger partial charge in [0.1, 0.15) is 24.7 Å². The monoisotopic (exact) mass is 731 g/mol. The number of hydrogen-bond acceptors (Lipinski definition) is 8. The van der Waals surface area contributed by atoms with Crippen molar-refractivity contribution < 1.29 is 46.3 Å². The van der Waals surface area contributed by atoms with Crippen molar-refractivity contribution in [3.8, 4) is 11.5 Å². The molecule has 0 bridgehead atoms. The second kappa shape index (κ2) is 19.7. The summed E-state index contributed by atoms with van der Waals surface area (Å²) in [6.07, 6.45) is 2.08. The van der Waals surface area contributed by atoms with E-state index < -0.39 is 12.2 Å². The van der Waals surface area contributed by atoms with Gasteiger partial charge in [-0.25, -0.2) is 9.59 Å². The van der Waals surface area contributed by atoms with E-state index in [1.807, 2.05) is 97.1 Å². The van der Waals surface area contributed by atoms with Crippen molar-refractivity contribution in [3.05, 3.63) is 145 Å². The molecule has 0 heterocycles. The van der Waals surface area contributed by atoms with E-state index in [-0.39, 0.29) is 41.8 Å². The van der Waals surface area contributed by atoms with Crippen LogP contribution in [0.25, 0.3) is 21.5 Å². The molecule has 1 radical (unpaired) electrons. The zero-order valence-electron chi connectivity index (χ0n) is 27.4. The zero-order valence-corrected chi connectivity index (χ0v) is 28.3. The van der Waals surface area contributed by atoms with E-state index in [9.17, 15) is 19.8 Å². The van der Waals surface area contributed by atoms with Gasteiger partial charge in [0, 0.05) is 51.4 Å². The largest absolute Gasteiger partial charge is 0.507 e. The maximum atomic E-state index is 11.9. The van der Waals surface area contributed by atoms with Crippen LogP contribution < -0.4 is 10.6 Å². The molecule has 6 aromatic carbocycles. The molecule has 51 heavy (non-hydrogen) atoms. The van der Waals surface area contributed by atoms with E-state index in [0.717, 1.165) is 21.5 Å². The Bertz CT molecular complexity index is 1960. The first-order chi connectivity index (χ1) is 24.5. The van der Waals surface area contributed by atoms with Crippen molar-refractivity contribution in [2.45, 2.75) is 0 Å². The number of benzene rings is 6. The predicted octanol–water partition coefficient (Wildman–Crippen LogP) is 8.42. The predicted molar refractivity (Wildman–Crippen MR) is 199 cm³/mol. The van der Waals surface area contributed by atoms with Gasteiger partial charge < -0.3 is 19.7 Å². The van der Waals surface area contributed by atoms with E-state index in [1.165, 1.54) is 0 Å². The van der Waals surface area contributed by atoms with Crippen LogP contribution in [0.4, 0.5) is 21.0 Å². The van der Waals surface area contributed by atoms with Crippen LogP contribution in [0.3, 0.4) is 0 Å². The van der Waals surface area contributed by atoms with Gasteiger partial charge in [-0.2, -0.15) is 0 Å². The Balaban J connectivity index is 0.000000224.